The molecule has 8 nitrogen and oxygen atoms in total. The lowest BCUT2D eigenvalue weighted by Gasteiger charge is -2.16. The SMILES string of the molecule is COC(=O)c1ccc(Oc2c(F)c(C#N)c(C#N)c(F)c2Oc2ccc(C(=O)OC)cc2)cc1. The normalized spacial score (nSPS) is 9.94. The van der Waals surface area contributed by atoms with E-state index in [9.17, 15) is 20.1 Å². The third-order valence-corrected chi connectivity index (χ3v) is 4.51. The molecule has 0 saturated carbocycles. The summed E-state index contributed by atoms with van der Waals surface area (Å²) in [5, 5.41) is 18.5. The second-order valence-corrected chi connectivity index (χ2v) is 6.50. The summed E-state index contributed by atoms with van der Waals surface area (Å²) in [4.78, 5) is 23.2. The van der Waals surface area contributed by atoms with Crippen molar-refractivity contribution in [1.82, 2.24) is 0 Å². The molecule has 0 amide bonds. The second kappa shape index (κ2) is 10.1. The largest absolute Gasteiger partial charge is 0.465 e. The molecule has 0 N–H and O–H groups in total. The van der Waals surface area contributed by atoms with E-state index in [0.717, 1.165) is 0 Å². The van der Waals surface area contributed by atoms with Crippen molar-refractivity contribution in [2.24, 2.45) is 0 Å². The van der Waals surface area contributed by atoms with Crippen molar-refractivity contribution in [3.05, 3.63) is 82.4 Å². The van der Waals surface area contributed by atoms with Crippen molar-refractivity contribution in [3.63, 3.8) is 0 Å². The van der Waals surface area contributed by atoms with Crippen LogP contribution in [-0.4, -0.2) is 26.2 Å². The molecular weight excluding hydrogens is 450 g/mol. The van der Waals surface area contributed by atoms with Gasteiger partial charge in [0.15, 0.2) is 11.6 Å². The second-order valence-electron chi connectivity index (χ2n) is 6.50. The average molecular weight is 464 g/mol. The van der Waals surface area contributed by atoms with E-state index in [1.807, 2.05) is 0 Å². The van der Waals surface area contributed by atoms with E-state index in [-0.39, 0.29) is 22.6 Å². The van der Waals surface area contributed by atoms with Gasteiger partial charge in [-0.2, -0.15) is 10.5 Å². The molecule has 3 aromatic rings. The van der Waals surface area contributed by atoms with Crippen LogP contribution in [0.25, 0.3) is 0 Å². The van der Waals surface area contributed by atoms with Gasteiger partial charge in [-0.1, -0.05) is 0 Å². The van der Waals surface area contributed by atoms with Gasteiger partial charge in [-0.05, 0) is 48.5 Å². The molecule has 3 aromatic carbocycles. The van der Waals surface area contributed by atoms with Gasteiger partial charge in [0.2, 0.25) is 11.5 Å². The van der Waals surface area contributed by atoms with Crippen molar-refractivity contribution in [2.75, 3.05) is 14.2 Å². The fourth-order valence-electron chi connectivity index (χ4n) is 2.83. The van der Waals surface area contributed by atoms with Crippen LogP contribution in [0.4, 0.5) is 8.78 Å². The number of methoxy groups -OCH3 is 2. The minimum Gasteiger partial charge on any atom is -0.465 e. The predicted molar refractivity (Wildman–Crippen MR) is 111 cm³/mol. The van der Waals surface area contributed by atoms with Crippen LogP contribution in [0.2, 0.25) is 0 Å². The lowest BCUT2D eigenvalue weighted by atomic mass is 10.1. The Labute approximate surface area is 192 Å². The Bertz CT molecular complexity index is 1240. The number of rotatable bonds is 6. The Kier molecular flexibility index (Phi) is 7.04. The molecule has 0 aliphatic heterocycles. The van der Waals surface area contributed by atoms with E-state index in [1.54, 1.807) is 0 Å². The Morgan fingerprint density at radius 1 is 0.676 bits per heavy atom. The summed E-state index contributed by atoms with van der Waals surface area (Å²) in [7, 11) is 2.40. The summed E-state index contributed by atoms with van der Waals surface area (Å²) in [6.07, 6.45) is 0. The summed E-state index contributed by atoms with van der Waals surface area (Å²) < 4.78 is 50.4. The Balaban J connectivity index is 2.08. The number of halogens is 2. The fourth-order valence-corrected chi connectivity index (χ4v) is 2.83. The number of ether oxygens (including phenoxy) is 4. The fraction of sp³-hybridized carbons (Fsp3) is 0.0833. The molecule has 170 valence electrons. The number of hydrogen-bond donors (Lipinski definition) is 0. The molecule has 10 heteroatoms. The first-order valence-electron chi connectivity index (χ1n) is 9.42. The van der Waals surface area contributed by atoms with Crippen molar-refractivity contribution in [3.8, 4) is 35.1 Å². The standard InChI is InChI=1S/C24H14F2N2O6/c1-31-23(29)13-3-7-15(8-4-13)33-21-19(25)17(11-27)18(12-28)20(26)22(21)34-16-9-5-14(6-10-16)24(30)32-2/h3-10H,1-2H3. The smallest absolute Gasteiger partial charge is 0.337 e. The van der Waals surface area contributed by atoms with Crippen LogP contribution in [0.15, 0.2) is 48.5 Å². The summed E-state index contributed by atoms with van der Waals surface area (Å²) in [5.41, 5.74) is -1.37. The minimum atomic E-state index is -1.32. The lowest BCUT2D eigenvalue weighted by molar-refractivity contribution is 0.0592. The van der Waals surface area contributed by atoms with Crippen LogP contribution in [-0.2, 0) is 9.47 Å². The maximum atomic E-state index is 15.1. The third-order valence-electron chi connectivity index (χ3n) is 4.51. The molecule has 0 bridgehead atoms. The number of nitrogens with zero attached hydrogens (tertiary/aromatic N) is 2. The van der Waals surface area contributed by atoms with E-state index in [0.29, 0.717) is 0 Å². The van der Waals surface area contributed by atoms with Crippen molar-refractivity contribution >= 4 is 11.9 Å². The molecule has 0 spiro atoms. The first-order valence-corrected chi connectivity index (χ1v) is 9.42. The van der Waals surface area contributed by atoms with Gasteiger partial charge in [-0.25, -0.2) is 18.4 Å². The molecule has 34 heavy (non-hydrogen) atoms. The van der Waals surface area contributed by atoms with Crippen LogP contribution in [0.5, 0.6) is 23.0 Å². The Morgan fingerprint density at radius 3 is 1.26 bits per heavy atom. The zero-order valence-electron chi connectivity index (χ0n) is 17.7. The van der Waals surface area contributed by atoms with E-state index in [1.165, 1.54) is 74.9 Å². The average Bonchev–Trinajstić information content (AvgIpc) is 2.87. The van der Waals surface area contributed by atoms with Gasteiger partial charge in [-0.3, -0.25) is 0 Å². The first-order chi connectivity index (χ1) is 16.3. The first kappa shape index (κ1) is 23.7. The highest BCUT2D eigenvalue weighted by atomic mass is 19.1. The van der Waals surface area contributed by atoms with Gasteiger partial charge in [0.05, 0.1) is 25.3 Å². The van der Waals surface area contributed by atoms with Crippen LogP contribution in [0, 0.1) is 34.3 Å². The Morgan fingerprint density at radius 2 is 1.00 bits per heavy atom. The highest BCUT2D eigenvalue weighted by Crippen LogP contribution is 2.42. The van der Waals surface area contributed by atoms with Gasteiger partial charge in [0, 0.05) is 0 Å². The molecule has 0 aliphatic carbocycles. The van der Waals surface area contributed by atoms with Crippen molar-refractivity contribution in [2.45, 2.75) is 0 Å². The molecule has 0 atom stereocenters. The summed E-state index contributed by atoms with van der Waals surface area (Å²) >= 11 is 0. The van der Waals surface area contributed by atoms with Gasteiger partial charge in [0.1, 0.15) is 34.8 Å². The highest BCUT2D eigenvalue weighted by molar-refractivity contribution is 5.89. The summed E-state index contributed by atoms with van der Waals surface area (Å²) in [6, 6.07) is 13.4. The quantitative estimate of drug-likeness (QED) is 0.474. The van der Waals surface area contributed by atoms with E-state index in [2.05, 4.69) is 9.47 Å². The maximum absolute atomic E-state index is 15.1. The molecule has 0 unspecified atom stereocenters. The lowest BCUT2D eigenvalue weighted by Crippen LogP contribution is -2.04. The molecule has 0 aromatic heterocycles. The Hall–Kier alpha value is -4.96. The molecule has 0 heterocycles. The number of benzene rings is 3. The molecule has 0 aliphatic rings. The number of carbonyl (C=O) groups is 2. The van der Waals surface area contributed by atoms with Crippen molar-refractivity contribution < 1.29 is 37.3 Å². The number of esters is 2. The van der Waals surface area contributed by atoms with E-state index in [4.69, 9.17) is 9.47 Å². The summed E-state index contributed by atoms with van der Waals surface area (Å²) in [5.74, 6) is -5.51. The number of hydrogen-bond acceptors (Lipinski definition) is 8. The molecule has 0 saturated heterocycles. The monoisotopic (exact) mass is 464 g/mol. The van der Waals surface area contributed by atoms with Gasteiger partial charge in [-0.15, -0.1) is 0 Å². The number of carbonyl (C=O) groups excluding carboxylic acids is 2. The van der Waals surface area contributed by atoms with Crippen molar-refractivity contribution in [1.29, 1.82) is 10.5 Å². The molecule has 0 fully saturated rings. The van der Waals surface area contributed by atoms with Crippen LogP contribution in [0.1, 0.15) is 31.8 Å². The predicted octanol–water partition coefficient (Wildman–Crippen LogP) is 4.87. The highest BCUT2D eigenvalue weighted by Gasteiger charge is 2.28. The van der Waals surface area contributed by atoms with Gasteiger partial charge >= 0.3 is 11.9 Å². The summed E-state index contributed by atoms with van der Waals surface area (Å²) in [6.45, 7) is 0. The zero-order valence-corrected chi connectivity index (χ0v) is 17.7. The topological polar surface area (TPSA) is 119 Å². The molecule has 0 radical (unpaired) electrons. The van der Waals surface area contributed by atoms with Gasteiger partial charge in [0.25, 0.3) is 0 Å². The maximum Gasteiger partial charge on any atom is 0.337 e. The number of nitriles is 2. The third kappa shape index (κ3) is 4.61. The van der Waals surface area contributed by atoms with Gasteiger partial charge < -0.3 is 18.9 Å². The minimum absolute atomic E-state index is 0.0227. The molecular formula is C24H14F2N2O6. The zero-order chi connectivity index (χ0) is 24.8. The van der Waals surface area contributed by atoms with E-state index >= 15 is 8.78 Å². The van der Waals surface area contributed by atoms with Crippen LogP contribution < -0.4 is 9.47 Å². The van der Waals surface area contributed by atoms with Crippen LogP contribution >= 0.6 is 0 Å². The van der Waals surface area contributed by atoms with E-state index < -0.39 is 46.2 Å². The molecule has 3 rings (SSSR count). The van der Waals surface area contributed by atoms with Crippen LogP contribution in [0.3, 0.4) is 0 Å².